The van der Waals surface area contributed by atoms with Crippen molar-refractivity contribution in [3.05, 3.63) is 53.2 Å². The first-order chi connectivity index (χ1) is 13.5. The summed E-state index contributed by atoms with van der Waals surface area (Å²) in [4.78, 5) is 30.3. The van der Waals surface area contributed by atoms with Crippen molar-refractivity contribution in [2.45, 2.75) is 37.7 Å². The maximum absolute atomic E-state index is 12.0. The molecule has 2 aliphatic rings. The quantitative estimate of drug-likeness (QED) is 0.820. The Morgan fingerprint density at radius 1 is 1.07 bits per heavy atom. The van der Waals surface area contributed by atoms with E-state index >= 15 is 0 Å². The van der Waals surface area contributed by atoms with Crippen LogP contribution in [0.3, 0.4) is 0 Å². The van der Waals surface area contributed by atoms with Crippen molar-refractivity contribution >= 4 is 17.8 Å². The highest BCUT2D eigenvalue weighted by atomic mass is 16.5. The summed E-state index contributed by atoms with van der Waals surface area (Å²) in [6, 6.07) is 10.6. The summed E-state index contributed by atoms with van der Waals surface area (Å²) in [5.41, 5.74) is 0.825. The molecule has 1 aromatic heterocycles. The molecule has 0 unspecified atom stereocenters. The van der Waals surface area contributed by atoms with Gasteiger partial charge in [-0.1, -0.05) is 18.2 Å². The topological polar surface area (TPSA) is 100.0 Å². The van der Waals surface area contributed by atoms with Gasteiger partial charge in [-0.3, -0.25) is 0 Å². The predicted molar refractivity (Wildman–Crippen MR) is 102 cm³/mol. The molecular weight excluding hydrogens is 360 g/mol. The van der Waals surface area contributed by atoms with E-state index in [2.05, 4.69) is 4.98 Å². The van der Waals surface area contributed by atoms with Gasteiger partial charge in [-0.05, 0) is 43.0 Å². The average Bonchev–Trinajstić information content (AvgIpc) is 3.16. The number of carboxylic acids is 2. The highest BCUT2D eigenvalue weighted by molar-refractivity contribution is 5.94. The molecule has 1 aromatic carbocycles. The number of hydrogen-bond acceptors (Lipinski definition) is 5. The van der Waals surface area contributed by atoms with Crippen LogP contribution in [0.15, 0.2) is 36.4 Å². The summed E-state index contributed by atoms with van der Waals surface area (Å²) in [6.07, 6.45) is 3.18. The minimum absolute atomic E-state index is 0.187. The maximum Gasteiger partial charge on any atom is 0.348 e. The first-order valence-electron chi connectivity index (χ1n) is 9.47. The average molecular weight is 382 g/mol. The molecule has 1 saturated heterocycles. The van der Waals surface area contributed by atoms with E-state index in [1.54, 1.807) is 30.3 Å². The van der Waals surface area contributed by atoms with Gasteiger partial charge in [0.1, 0.15) is 17.1 Å². The fourth-order valence-electron chi connectivity index (χ4n) is 4.01. The van der Waals surface area contributed by atoms with Gasteiger partial charge in [0, 0.05) is 31.6 Å². The molecule has 4 rings (SSSR count). The van der Waals surface area contributed by atoms with Crippen molar-refractivity contribution in [1.29, 1.82) is 0 Å². The van der Waals surface area contributed by atoms with Gasteiger partial charge in [0.2, 0.25) is 5.60 Å². The third-order valence-corrected chi connectivity index (χ3v) is 5.58. The summed E-state index contributed by atoms with van der Waals surface area (Å²) in [7, 11) is 0. The van der Waals surface area contributed by atoms with Crippen molar-refractivity contribution in [2.24, 2.45) is 0 Å². The van der Waals surface area contributed by atoms with E-state index in [1.807, 2.05) is 11.0 Å². The van der Waals surface area contributed by atoms with Gasteiger partial charge < -0.3 is 19.8 Å². The number of pyridine rings is 1. The Morgan fingerprint density at radius 3 is 2.43 bits per heavy atom. The molecule has 28 heavy (non-hydrogen) atoms. The van der Waals surface area contributed by atoms with Crippen LogP contribution < -0.4 is 9.64 Å². The molecule has 0 amide bonds. The van der Waals surface area contributed by atoms with Gasteiger partial charge in [0.25, 0.3) is 0 Å². The number of carbonyl (C=O) groups is 2. The van der Waals surface area contributed by atoms with E-state index in [4.69, 9.17) is 4.74 Å². The van der Waals surface area contributed by atoms with Gasteiger partial charge in [-0.15, -0.1) is 0 Å². The normalized spacial score (nSPS) is 17.8. The van der Waals surface area contributed by atoms with E-state index < -0.39 is 17.5 Å². The van der Waals surface area contributed by atoms with E-state index in [1.165, 1.54) is 0 Å². The van der Waals surface area contributed by atoms with Gasteiger partial charge in [-0.2, -0.15) is 0 Å². The molecule has 146 valence electrons. The molecule has 0 spiro atoms. The number of nitrogens with zero attached hydrogens (tertiary/aromatic N) is 2. The minimum atomic E-state index is -1.32. The zero-order valence-electron chi connectivity index (χ0n) is 15.4. The number of carboxylic acid groups (broad SMARTS) is 2. The third-order valence-electron chi connectivity index (χ3n) is 5.58. The summed E-state index contributed by atoms with van der Waals surface area (Å²) in [6.45, 7) is 0.733. The lowest BCUT2D eigenvalue weighted by atomic mass is 9.90. The Balaban J connectivity index is 1.58. The molecule has 2 heterocycles. The standard InChI is InChI=1S/C21H22N2O5/c24-19(25)16-13-14-5-4-8-17(14)22-18(16)23-11-9-21(10-12-23,20(26)27)28-15-6-2-1-3-7-15/h1-3,6-7,13H,4-5,8-12H2,(H,24,25)(H,26,27). The van der Waals surface area contributed by atoms with Crippen molar-refractivity contribution in [3.8, 4) is 5.75 Å². The smallest absolute Gasteiger partial charge is 0.348 e. The predicted octanol–water partition coefficient (Wildman–Crippen LogP) is 2.77. The highest BCUT2D eigenvalue weighted by Crippen LogP contribution is 2.34. The molecular formula is C21H22N2O5. The molecule has 0 saturated carbocycles. The van der Waals surface area contributed by atoms with Crippen LogP contribution in [0.25, 0.3) is 0 Å². The number of ether oxygens (including phenoxy) is 1. The Labute approximate surface area is 162 Å². The van der Waals surface area contributed by atoms with Crippen LogP contribution >= 0.6 is 0 Å². The largest absolute Gasteiger partial charge is 0.478 e. The van der Waals surface area contributed by atoms with Crippen LogP contribution in [0, 0.1) is 0 Å². The van der Waals surface area contributed by atoms with Gasteiger partial charge in [-0.25, -0.2) is 14.6 Å². The lowest BCUT2D eigenvalue weighted by molar-refractivity contribution is -0.157. The molecule has 0 radical (unpaired) electrons. The molecule has 0 bridgehead atoms. The molecule has 1 aliphatic carbocycles. The highest BCUT2D eigenvalue weighted by Gasteiger charge is 2.45. The Hall–Kier alpha value is -3.09. The fraction of sp³-hybridized carbons (Fsp3) is 0.381. The zero-order valence-corrected chi connectivity index (χ0v) is 15.4. The number of para-hydroxylation sites is 1. The summed E-state index contributed by atoms with van der Waals surface area (Å²) < 4.78 is 5.88. The number of piperidine rings is 1. The number of benzene rings is 1. The monoisotopic (exact) mass is 382 g/mol. The minimum Gasteiger partial charge on any atom is -0.478 e. The molecule has 2 aromatic rings. The Bertz CT molecular complexity index is 905. The summed E-state index contributed by atoms with van der Waals surface area (Å²) in [5, 5.41) is 19.5. The number of anilines is 1. The number of aryl methyl sites for hydroxylation is 2. The van der Waals surface area contributed by atoms with Crippen molar-refractivity contribution in [3.63, 3.8) is 0 Å². The fourth-order valence-corrected chi connectivity index (χ4v) is 4.01. The molecule has 2 N–H and O–H groups in total. The van der Waals surface area contributed by atoms with E-state index in [-0.39, 0.29) is 18.4 Å². The van der Waals surface area contributed by atoms with Crippen molar-refractivity contribution in [1.82, 2.24) is 4.98 Å². The summed E-state index contributed by atoms with van der Waals surface area (Å²) >= 11 is 0. The molecule has 7 heteroatoms. The van der Waals surface area contributed by atoms with Gasteiger partial charge in [0.15, 0.2) is 0 Å². The molecule has 0 atom stereocenters. The Kier molecular flexibility index (Phi) is 4.66. The molecule has 7 nitrogen and oxygen atoms in total. The molecule has 1 aliphatic heterocycles. The second kappa shape index (κ2) is 7.14. The first-order valence-corrected chi connectivity index (χ1v) is 9.47. The third kappa shape index (κ3) is 3.28. The van der Waals surface area contributed by atoms with Crippen LogP contribution in [-0.2, 0) is 17.6 Å². The number of aromatic carboxylic acids is 1. The number of aromatic nitrogens is 1. The van der Waals surface area contributed by atoms with Crippen LogP contribution in [0.1, 0.15) is 40.9 Å². The zero-order chi connectivity index (χ0) is 19.7. The van der Waals surface area contributed by atoms with Gasteiger partial charge >= 0.3 is 11.9 Å². The SMILES string of the molecule is O=C(O)c1cc2c(nc1N1CCC(Oc3ccccc3)(C(=O)O)CC1)CCC2. The first kappa shape index (κ1) is 18.3. The number of fused-ring (bicyclic) bond motifs is 1. The number of hydrogen-bond donors (Lipinski definition) is 2. The van der Waals surface area contributed by atoms with Crippen LogP contribution in [-0.4, -0.2) is 45.8 Å². The maximum atomic E-state index is 12.0. The Morgan fingerprint density at radius 2 is 1.79 bits per heavy atom. The lowest BCUT2D eigenvalue weighted by Crippen LogP contribution is -2.53. The van der Waals surface area contributed by atoms with Crippen LogP contribution in [0.4, 0.5) is 5.82 Å². The van der Waals surface area contributed by atoms with Gasteiger partial charge in [0.05, 0.1) is 0 Å². The number of aliphatic carboxylic acids is 1. The number of rotatable bonds is 5. The summed E-state index contributed by atoms with van der Waals surface area (Å²) in [5.74, 6) is -1.06. The molecule has 1 fully saturated rings. The second-order valence-electron chi connectivity index (χ2n) is 7.33. The second-order valence-corrected chi connectivity index (χ2v) is 7.33. The van der Waals surface area contributed by atoms with Crippen molar-refractivity contribution in [2.75, 3.05) is 18.0 Å². The van der Waals surface area contributed by atoms with E-state index in [0.717, 1.165) is 30.5 Å². The van der Waals surface area contributed by atoms with Crippen molar-refractivity contribution < 1.29 is 24.5 Å². The lowest BCUT2D eigenvalue weighted by Gasteiger charge is -2.39. The van der Waals surface area contributed by atoms with Crippen LogP contribution in [0.2, 0.25) is 0 Å². The van der Waals surface area contributed by atoms with E-state index in [9.17, 15) is 19.8 Å². The van der Waals surface area contributed by atoms with Crippen LogP contribution in [0.5, 0.6) is 5.75 Å². The van der Waals surface area contributed by atoms with E-state index in [0.29, 0.717) is 24.7 Å².